The summed E-state index contributed by atoms with van der Waals surface area (Å²) >= 11 is 0. The van der Waals surface area contributed by atoms with Gasteiger partial charge < -0.3 is 31.2 Å². The first-order chi connectivity index (χ1) is 12.1. The molecule has 25 heavy (non-hydrogen) atoms. The minimum Gasteiger partial charge on any atom is -0.491 e. The molecule has 6 nitrogen and oxygen atoms in total. The Hall–Kier alpha value is -2.12. The summed E-state index contributed by atoms with van der Waals surface area (Å²) in [5.41, 5.74) is 13.0. The van der Waals surface area contributed by atoms with E-state index < -0.39 is 12.2 Å². The summed E-state index contributed by atoms with van der Waals surface area (Å²) in [7, 11) is 0. The second-order valence-corrected chi connectivity index (χ2v) is 5.87. The summed E-state index contributed by atoms with van der Waals surface area (Å²) in [6, 6.07) is 15.5. The highest BCUT2D eigenvalue weighted by atomic mass is 16.5. The summed E-state index contributed by atoms with van der Waals surface area (Å²) in [4.78, 5) is 0. The molecule has 0 unspecified atom stereocenters. The van der Waals surface area contributed by atoms with E-state index in [2.05, 4.69) is 0 Å². The second-order valence-electron chi connectivity index (χ2n) is 5.87. The van der Waals surface area contributed by atoms with Gasteiger partial charge in [0.05, 0.1) is 0 Å². The molecule has 0 bridgehead atoms. The Balaban J connectivity index is 1.85. The maximum Gasteiger partial charge on any atom is 0.119 e. The van der Waals surface area contributed by atoms with Gasteiger partial charge in [-0.15, -0.1) is 0 Å². The molecule has 0 aromatic heterocycles. The highest BCUT2D eigenvalue weighted by molar-refractivity contribution is 5.34. The third-order valence-electron chi connectivity index (χ3n) is 3.68. The van der Waals surface area contributed by atoms with Gasteiger partial charge in [-0.1, -0.05) is 24.3 Å². The largest absolute Gasteiger partial charge is 0.491 e. The van der Waals surface area contributed by atoms with Crippen LogP contribution in [0, 0.1) is 0 Å². The number of ether oxygens (including phenoxy) is 2. The molecular weight excluding hydrogens is 320 g/mol. The predicted molar refractivity (Wildman–Crippen MR) is 96.8 cm³/mol. The van der Waals surface area contributed by atoms with Gasteiger partial charge in [0.15, 0.2) is 0 Å². The molecule has 0 fully saturated rings. The van der Waals surface area contributed by atoms with Crippen molar-refractivity contribution in [2.75, 3.05) is 26.3 Å². The van der Waals surface area contributed by atoms with Gasteiger partial charge in [-0.05, 0) is 41.8 Å². The quantitative estimate of drug-likeness (QED) is 0.503. The van der Waals surface area contributed by atoms with Crippen LogP contribution in [-0.2, 0) is 6.42 Å². The summed E-state index contributed by atoms with van der Waals surface area (Å²) in [6.45, 7) is 0.748. The van der Waals surface area contributed by atoms with Gasteiger partial charge in [0.25, 0.3) is 0 Å². The fraction of sp³-hybridized carbons (Fsp3) is 0.368. The average Bonchev–Trinajstić information content (AvgIpc) is 2.66. The normalized spacial score (nSPS) is 13.3. The van der Waals surface area contributed by atoms with Crippen molar-refractivity contribution in [3.05, 3.63) is 59.7 Å². The molecule has 0 heterocycles. The molecule has 0 aliphatic rings. The Labute approximate surface area is 148 Å². The number of nitrogens with two attached hydrogens (primary N) is 2. The van der Waals surface area contributed by atoms with Crippen LogP contribution in [0.4, 0.5) is 0 Å². The van der Waals surface area contributed by atoms with Gasteiger partial charge >= 0.3 is 0 Å². The molecule has 6 heteroatoms. The van der Waals surface area contributed by atoms with Crippen LogP contribution in [0.1, 0.15) is 11.1 Å². The Kier molecular flexibility index (Phi) is 7.69. The van der Waals surface area contributed by atoms with Crippen molar-refractivity contribution < 1.29 is 19.7 Å². The number of aliphatic hydroxyl groups excluding tert-OH is 2. The minimum absolute atomic E-state index is 0.184. The lowest BCUT2D eigenvalue weighted by Crippen LogP contribution is -2.26. The molecule has 0 saturated carbocycles. The van der Waals surface area contributed by atoms with Crippen molar-refractivity contribution in [2.45, 2.75) is 18.6 Å². The second kappa shape index (κ2) is 10.0. The smallest absolute Gasteiger partial charge is 0.119 e. The van der Waals surface area contributed by atoms with Crippen LogP contribution in [0.5, 0.6) is 11.5 Å². The standard InChI is InChI=1S/C19H26N2O4/c20-10-16(22)12-24-18-5-1-14(2-6-18)9-15-3-7-19(8-4-15)25-13-17(23)11-21/h1-8,16-17,22-23H,9-13,20-21H2/t16-,17-/m0/s1. The third kappa shape index (κ3) is 6.72. The van der Waals surface area contributed by atoms with Gasteiger partial charge in [0, 0.05) is 13.1 Å². The van der Waals surface area contributed by atoms with Crippen molar-refractivity contribution in [2.24, 2.45) is 11.5 Å². The Bertz CT molecular complexity index is 561. The molecule has 0 saturated heterocycles. The molecule has 0 amide bonds. The molecule has 2 atom stereocenters. The monoisotopic (exact) mass is 346 g/mol. The summed E-state index contributed by atoms with van der Waals surface area (Å²) in [5.74, 6) is 1.41. The Morgan fingerprint density at radius 3 is 1.36 bits per heavy atom. The van der Waals surface area contributed by atoms with Crippen LogP contribution in [0.25, 0.3) is 0 Å². The third-order valence-corrected chi connectivity index (χ3v) is 3.68. The molecule has 0 aliphatic heterocycles. The lowest BCUT2D eigenvalue weighted by atomic mass is 10.0. The van der Waals surface area contributed by atoms with Crippen molar-refractivity contribution >= 4 is 0 Å². The van der Waals surface area contributed by atoms with E-state index in [0.717, 1.165) is 17.5 Å². The van der Waals surface area contributed by atoms with Gasteiger partial charge in [-0.3, -0.25) is 0 Å². The zero-order valence-electron chi connectivity index (χ0n) is 14.2. The van der Waals surface area contributed by atoms with Gasteiger partial charge in [0.2, 0.25) is 0 Å². The molecule has 136 valence electrons. The van der Waals surface area contributed by atoms with Crippen LogP contribution >= 0.6 is 0 Å². The minimum atomic E-state index is -0.647. The van der Waals surface area contributed by atoms with Gasteiger partial charge in [-0.2, -0.15) is 0 Å². The lowest BCUT2D eigenvalue weighted by Gasteiger charge is -2.11. The van der Waals surface area contributed by atoms with E-state index in [-0.39, 0.29) is 26.3 Å². The fourth-order valence-corrected chi connectivity index (χ4v) is 2.16. The highest BCUT2D eigenvalue weighted by Crippen LogP contribution is 2.18. The zero-order valence-corrected chi connectivity index (χ0v) is 14.2. The maximum atomic E-state index is 9.39. The molecule has 2 rings (SSSR count). The number of hydrogen-bond acceptors (Lipinski definition) is 6. The SMILES string of the molecule is NC[C@H](O)COc1ccc(Cc2ccc(OC[C@@H](O)CN)cc2)cc1. The number of rotatable bonds is 10. The van der Waals surface area contributed by atoms with Crippen LogP contribution in [0.15, 0.2) is 48.5 Å². The first-order valence-electron chi connectivity index (χ1n) is 8.30. The van der Waals surface area contributed by atoms with Crippen molar-refractivity contribution in [1.82, 2.24) is 0 Å². The van der Waals surface area contributed by atoms with Crippen LogP contribution in [-0.4, -0.2) is 48.7 Å². The Morgan fingerprint density at radius 1 is 0.680 bits per heavy atom. The summed E-state index contributed by atoms with van der Waals surface area (Å²) in [6.07, 6.45) is -0.505. The van der Waals surface area contributed by atoms with E-state index in [9.17, 15) is 10.2 Å². The van der Waals surface area contributed by atoms with Gasteiger partial charge in [0.1, 0.15) is 36.9 Å². The molecule has 6 N–H and O–H groups in total. The van der Waals surface area contributed by atoms with E-state index in [1.54, 1.807) is 0 Å². The highest BCUT2D eigenvalue weighted by Gasteiger charge is 2.04. The molecule has 0 radical (unpaired) electrons. The number of hydrogen-bond donors (Lipinski definition) is 4. The first kappa shape index (κ1) is 19.2. The fourth-order valence-electron chi connectivity index (χ4n) is 2.16. The van der Waals surface area contributed by atoms with Crippen molar-refractivity contribution in [3.8, 4) is 11.5 Å². The predicted octanol–water partition coefficient (Wildman–Crippen LogP) is 0.674. The molecule has 2 aromatic rings. The van der Waals surface area contributed by atoms with E-state index in [1.807, 2.05) is 48.5 Å². The van der Waals surface area contributed by atoms with E-state index in [4.69, 9.17) is 20.9 Å². The topological polar surface area (TPSA) is 111 Å². The van der Waals surface area contributed by atoms with Crippen LogP contribution in [0.2, 0.25) is 0 Å². The van der Waals surface area contributed by atoms with E-state index in [1.165, 1.54) is 0 Å². The van der Waals surface area contributed by atoms with E-state index in [0.29, 0.717) is 11.5 Å². The molecule has 0 aliphatic carbocycles. The van der Waals surface area contributed by atoms with Crippen LogP contribution < -0.4 is 20.9 Å². The molecular formula is C19H26N2O4. The molecule has 2 aromatic carbocycles. The van der Waals surface area contributed by atoms with Crippen LogP contribution in [0.3, 0.4) is 0 Å². The molecule has 0 spiro atoms. The Morgan fingerprint density at radius 2 is 1.04 bits per heavy atom. The van der Waals surface area contributed by atoms with Crippen molar-refractivity contribution in [3.63, 3.8) is 0 Å². The van der Waals surface area contributed by atoms with Crippen molar-refractivity contribution in [1.29, 1.82) is 0 Å². The van der Waals surface area contributed by atoms with E-state index >= 15 is 0 Å². The first-order valence-corrected chi connectivity index (χ1v) is 8.30. The van der Waals surface area contributed by atoms with Gasteiger partial charge in [-0.25, -0.2) is 0 Å². The lowest BCUT2D eigenvalue weighted by molar-refractivity contribution is 0.114. The zero-order chi connectivity index (χ0) is 18.1. The number of aliphatic hydroxyl groups is 2. The number of benzene rings is 2. The summed E-state index contributed by atoms with van der Waals surface area (Å²) < 4.78 is 10.9. The average molecular weight is 346 g/mol. The maximum absolute atomic E-state index is 9.39. The summed E-state index contributed by atoms with van der Waals surface area (Å²) in [5, 5.41) is 18.8.